The average Bonchev–Trinajstić information content (AvgIpc) is 3.11. The number of rotatable bonds is 5. The summed E-state index contributed by atoms with van der Waals surface area (Å²) in [5.74, 6) is -0.539. The fraction of sp³-hybridized carbons (Fsp3) is 0.455. The molecule has 2 aromatic rings. The number of nitrogens with one attached hydrogen (secondary N) is 1. The highest BCUT2D eigenvalue weighted by Crippen LogP contribution is 2.36. The van der Waals surface area contributed by atoms with E-state index in [0.717, 1.165) is 31.4 Å². The molecule has 0 unspecified atom stereocenters. The molecule has 1 N–H and O–H groups in total. The first-order valence-corrected chi connectivity index (χ1v) is 11.9. The summed E-state index contributed by atoms with van der Waals surface area (Å²) in [5, 5.41) is -0.450. The zero-order valence-electron chi connectivity index (χ0n) is 16.9. The molecule has 2 aliphatic rings. The maximum atomic E-state index is 14.9. The minimum absolute atomic E-state index is 0.221. The van der Waals surface area contributed by atoms with Crippen LogP contribution in [0, 0.1) is 5.82 Å². The van der Waals surface area contributed by atoms with E-state index in [2.05, 4.69) is 4.72 Å². The van der Waals surface area contributed by atoms with Gasteiger partial charge >= 0.3 is 6.18 Å². The molecule has 2 aromatic carbocycles. The Hall–Kier alpha value is -2.29. The molecule has 1 aliphatic carbocycles. The third-order valence-corrected chi connectivity index (χ3v) is 7.88. The second-order valence-corrected chi connectivity index (χ2v) is 10.2. The molecule has 31 heavy (non-hydrogen) atoms. The van der Waals surface area contributed by atoms with Crippen molar-refractivity contribution in [2.24, 2.45) is 0 Å². The molecular weight excluding hydrogens is 432 g/mol. The smallest absolute Gasteiger partial charge is 0.364 e. The summed E-state index contributed by atoms with van der Waals surface area (Å²) in [4.78, 5) is 1.77. The molecule has 1 aliphatic heterocycles. The van der Waals surface area contributed by atoms with Gasteiger partial charge in [0.15, 0.2) is 0 Å². The SMILES string of the molecule is O=S(=O)(Nc1cc(F)c2c(c1)CCN2Cc1ccc(C(F)(F)F)cc1)C1CCCCC1. The van der Waals surface area contributed by atoms with Crippen LogP contribution < -0.4 is 9.62 Å². The fourth-order valence-corrected chi connectivity index (χ4v) is 5.99. The van der Waals surface area contributed by atoms with Crippen molar-refractivity contribution in [3.05, 3.63) is 58.9 Å². The summed E-state index contributed by atoms with van der Waals surface area (Å²) in [7, 11) is -3.57. The minimum Gasteiger partial charge on any atom is -0.364 e. The summed E-state index contributed by atoms with van der Waals surface area (Å²) >= 11 is 0. The number of sulfonamides is 1. The molecule has 0 atom stereocenters. The molecule has 0 aromatic heterocycles. The Morgan fingerprint density at radius 2 is 1.71 bits per heavy atom. The number of hydrogen-bond donors (Lipinski definition) is 1. The molecule has 0 bridgehead atoms. The van der Waals surface area contributed by atoms with Gasteiger partial charge in [-0.05, 0) is 48.6 Å². The quantitative estimate of drug-likeness (QED) is 0.606. The van der Waals surface area contributed by atoms with Crippen LogP contribution in [0.25, 0.3) is 0 Å². The van der Waals surface area contributed by atoms with Crippen molar-refractivity contribution in [2.75, 3.05) is 16.2 Å². The number of benzene rings is 2. The molecule has 1 heterocycles. The van der Waals surface area contributed by atoms with Gasteiger partial charge in [-0.3, -0.25) is 4.72 Å². The lowest BCUT2D eigenvalue weighted by molar-refractivity contribution is -0.137. The standard InChI is InChI=1S/C22H24F4N2O2S/c23-20-13-18(27-31(29,30)19-4-2-1-3-5-19)12-16-10-11-28(21(16)20)14-15-6-8-17(9-7-15)22(24,25)26/h6-9,12-13,19,27H,1-5,10-11,14H2. The predicted octanol–water partition coefficient (Wildman–Crippen LogP) is 5.48. The zero-order valence-corrected chi connectivity index (χ0v) is 17.7. The van der Waals surface area contributed by atoms with E-state index in [4.69, 9.17) is 0 Å². The topological polar surface area (TPSA) is 49.4 Å². The highest BCUT2D eigenvalue weighted by molar-refractivity contribution is 7.93. The van der Waals surface area contributed by atoms with Gasteiger partial charge in [-0.1, -0.05) is 31.4 Å². The van der Waals surface area contributed by atoms with Gasteiger partial charge in [0.2, 0.25) is 10.0 Å². The van der Waals surface area contributed by atoms with Gasteiger partial charge in [-0.2, -0.15) is 13.2 Å². The Morgan fingerprint density at radius 3 is 2.35 bits per heavy atom. The van der Waals surface area contributed by atoms with Crippen LogP contribution in [-0.4, -0.2) is 20.2 Å². The molecule has 9 heteroatoms. The number of alkyl halides is 3. The lowest BCUT2D eigenvalue weighted by Gasteiger charge is -2.23. The number of halogens is 4. The number of fused-ring (bicyclic) bond motifs is 1. The van der Waals surface area contributed by atoms with Gasteiger partial charge in [-0.25, -0.2) is 12.8 Å². The average molecular weight is 457 g/mol. The molecule has 0 spiro atoms. The molecule has 0 radical (unpaired) electrons. The van der Waals surface area contributed by atoms with Crippen LogP contribution in [-0.2, 0) is 29.2 Å². The second-order valence-electron chi connectivity index (χ2n) is 8.24. The summed E-state index contributed by atoms with van der Waals surface area (Å²) in [5.41, 5.74) is 1.20. The van der Waals surface area contributed by atoms with Crippen LogP contribution in [0.1, 0.15) is 48.8 Å². The van der Waals surface area contributed by atoms with Crippen LogP contribution in [0.15, 0.2) is 36.4 Å². The van der Waals surface area contributed by atoms with Crippen molar-refractivity contribution in [2.45, 2.75) is 56.5 Å². The minimum atomic E-state index is -4.40. The van der Waals surface area contributed by atoms with E-state index >= 15 is 0 Å². The fourth-order valence-electron chi connectivity index (χ4n) is 4.43. The van der Waals surface area contributed by atoms with E-state index < -0.39 is 32.8 Å². The molecule has 1 saturated carbocycles. The molecule has 4 rings (SSSR count). The number of hydrogen-bond acceptors (Lipinski definition) is 3. The van der Waals surface area contributed by atoms with Crippen molar-refractivity contribution in [1.82, 2.24) is 0 Å². The van der Waals surface area contributed by atoms with Crippen molar-refractivity contribution in [3.63, 3.8) is 0 Å². The summed E-state index contributed by atoms with van der Waals surface area (Å²) in [6.07, 6.45) is 0.159. The molecular formula is C22H24F4N2O2S. The van der Waals surface area contributed by atoms with Gasteiger partial charge in [0, 0.05) is 19.2 Å². The largest absolute Gasteiger partial charge is 0.416 e. The molecule has 1 fully saturated rings. The van der Waals surface area contributed by atoms with Crippen LogP contribution in [0.5, 0.6) is 0 Å². The van der Waals surface area contributed by atoms with Crippen molar-refractivity contribution in [3.8, 4) is 0 Å². The van der Waals surface area contributed by atoms with Gasteiger partial charge in [0.25, 0.3) is 0 Å². The van der Waals surface area contributed by atoms with Crippen LogP contribution in [0.3, 0.4) is 0 Å². The molecule has 0 saturated heterocycles. The Morgan fingerprint density at radius 1 is 1.03 bits per heavy atom. The Labute approximate surface area is 179 Å². The predicted molar refractivity (Wildman–Crippen MR) is 112 cm³/mol. The highest BCUT2D eigenvalue weighted by Gasteiger charge is 2.31. The van der Waals surface area contributed by atoms with Crippen molar-refractivity contribution < 1.29 is 26.0 Å². The lowest BCUT2D eigenvalue weighted by atomic mass is 10.0. The zero-order chi connectivity index (χ0) is 22.2. The summed E-state index contributed by atoms with van der Waals surface area (Å²) < 4.78 is 81.0. The van der Waals surface area contributed by atoms with Gasteiger partial charge in [-0.15, -0.1) is 0 Å². The monoisotopic (exact) mass is 456 g/mol. The van der Waals surface area contributed by atoms with Crippen LogP contribution >= 0.6 is 0 Å². The first kappa shape index (κ1) is 21.9. The van der Waals surface area contributed by atoms with E-state index in [-0.39, 0.29) is 12.2 Å². The van der Waals surface area contributed by atoms with E-state index in [1.165, 1.54) is 18.2 Å². The van der Waals surface area contributed by atoms with Gasteiger partial charge < -0.3 is 4.90 Å². The van der Waals surface area contributed by atoms with E-state index in [9.17, 15) is 26.0 Å². The van der Waals surface area contributed by atoms with Crippen molar-refractivity contribution >= 4 is 21.4 Å². The second kappa shape index (κ2) is 8.33. The Bertz CT molecular complexity index is 1050. The lowest BCUT2D eigenvalue weighted by Crippen LogP contribution is -2.29. The van der Waals surface area contributed by atoms with Crippen LogP contribution in [0.2, 0.25) is 0 Å². The van der Waals surface area contributed by atoms with E-state index in [0.29, 0.717) is 42.6 Å². The van der Waals surface area contributed by atoms with E-state index in [1.54, 1.807) is 11.0 Å². The first-order chi connectivity index (χ1) is 14.6. The molecule has 168 valence electrons. The summed E-state index contributed by atoms with van der Waals surface area (Å²) in [6, 6.07) is 7.67. The maximum Gasteiger partial charge on any atom is 0.416 e. The summed E-state index contributed by atoms with van der Waals surface area (Å²) in [6.45, 7) is 0.779. The number of nitrogens with zero attached hydrogens (tertiary/aromatic N) is 1. The third kappa shape index (κ3) is 4.81. The molecule has 0 amide bonds. The van der Waals surface area contributed by atoms with E-state index in [1.807, 2.05) is 0 Å². The van der Waals surface area contributed by atoms with Gasteiger partial charge in [0.1, 0.15) is 5.82 Å². The third-order valence-electron chi connectivity index (χ3n) is 6.02. The first-order valence-electron chi connectivity index (χ1n) is 10.4. The normalized spacial score (nSPS) is 17.6. The molecule has 4 nitrogen and oxygen atoms in total. The van der Waals surface area contributed by atoms with Crippen LogP contribution in [0.4, 0.5) is 28.9 Å². The maximum absolute atomic E-state index is 14.9. The van der Waals surface area contributed by atoms with Gasteiger partial charge in [0.05, 0.1) is 22.2 Å². The Kier molecular flexibility index (Phi) is 5.89. The number of anilines is 2. The highest BCUT2D eigenvalue weighted by atomic mass is 32.2. The Balaban J connectivity index is 1.50. The van der Waals surface area contributed by atoms with Crippen molar-refractivity contribution in [1.29, 1.82) is 0 Å².